The Morgan fingerprint density at radius 1 is 1.36 bits per heavy atom. The maximum Gasteiger partial charge on any atom is 0.162 e. The highest BCUT2D eigenvalue weighted by Crippen LogP contribution is 2.33. The molecule has 0 heterocycles. The maximum absolute atomic E-state index is 9.03. The lowest BCUT2D eigenvalue weighted by atomic mass is 10.2. The van der Waals surface area contributed by atoms with E-state index in [0.29, 0.717) is 18.1 Å². The minimum Gasteiger partial charge on any atom is -0.493 e. The van der Waals surface area contributed by atoms with Crippen LogP contribution < -0.4 is 9.47 Å². The van der Waals surface area contributed by atoms with Gasteiger partial charge in [-0.2, -0.15) is 0 Å². The zero-order valence-corrected chi connectivity index (χ0v) is 9.80. The topological polar surface area (TPSA) is 38.7 Å². The minimum atomic E-state index is -0.0245. The summed E-state index contributed by atoms with van der Waals surface area (Å²) in [5.41, 5.74) is 0.783. The Morgan fingerprint density at radius 2 is 2.07 bits per heavy atom. The highest BCUT2D eigenvalue weighted by molar-refractivity contribution is 9.10. The van der Waals surface area contributed by atoms with Crippen LogP contribution in [0.15, 0.2) is 16.6 Å². The molecule has 78 valence electrons. The number of ether oxygens (including phenoxy) is 2. The average Bonchev–Trinajstić information content (AvgIpc) is 2.19. The van der Waals surface area contributed by atoms with Crippen LogP contribution in [0, 0.1) is 0 Å². The normalized spacial score (nSPS) is 10.0. The van der Waals surface area contributed by atoms with E-state index in [9.17, 15) is 0 Å². The molecule has 0 atom stereocenters. The first kappa shape index (κ1) is 11.3. The SMILES string of the molecule is CCOc1cc(Br)c(CO)cc1OC. The molecule has 0 spiro atoms. The van der Waals surface area contributed by atoms with Crippen LogP contribution >= 0.6 is 15.9 Å². The molecule has 0 saturated heterocycles. The fourth-order valence-corrected chi connectivity index (χ4v) is 1.57. The van der Waals surface area contributed by atoms with Crippen molar-refractivity contribution in [3.63, 3.8) is 0 Å². The van der Waals surface area contributed by atoms with Crippen molar-refractivity contribution in [3.05, 3.63) is 22.2 Å². The van der Waals surface area contributed by atoms with E-state index in [1.165, 1.54) is 0 Å². The van der Waals surface area contributed by atoms with Gasteiger partial charge in [0.2, 0.25) is 0 Å². The molecule has 0 aliphatic rings. The lowest BCUT2D eigenvalue weighted by molar-refractivity contribution is 0.278. The van der Waals surface area contributed by atoms with E-state index in [1.54, 1.807) is 19.2 Å². The van der Waals surface area contributed by atoms with Gasteiger partial charge in [0.25, 0.3) is 0 Å². The van der Waals surface area contributed by atoms with Crippen LogP contribution in [-0.4, -0.2) is 18.8 Å². The summed E-state index contributed by atoms with van der Waals surface area (Å²) in [6, 6.07) is 3.56. The van der Waals surface area contributed by atoms with E-state index in [-0.39, 0.29) is 6.61 Å². The van der Waals surface area contributed by atoms with E-state index in [2.05, 4.69) is 15.9 Å². The lowest BCUT2D eigenvalue weighted by Gasteiger charge is -2.11. The van der Waals surface area contributed by atoms with Gasteiger partial charge in [0, 0.05) is 4.47 Å². The van der Waals surface area contributed by atoms with Gasteiger partial charge < -0.3 is 14.6 Å². The molecule has 3 nitrogen and oxygen atoms in total. The molecule has 0 saturated carbocycles. The van der Waals surface area contributed by atoms with Crippen molar-refractivity contribution >= 4 is 15.9 Å². The first-order chi connectivity index (χ1) is 6.72. The second kappa shape index (κ2) is 5.22. The van der Waals surface area contributed by atoms with Crippen LogP contribution in [0.25, 0.3) is 0 Å². The molecule has 0 aliphatic heterocycles. The van der Waals surface area contributed by atoms with Crippen LogP contribution in [-0.2, 0) is 6.61 Å². The highest BCUT2D eigenvalue weighted by atomic mass is 79.9. The molecule has 14 heavy (non-hydrogen) atoms. The third-order valence-corrected chi connectivity index (χ3v) is 2.54. The van der Waals surface area contributed by atoms with Crippen LogP contribution in [0.1, 0.15) is 12.5 Å². The Hall–Kier alpha value is -0.740. The molecule has 1 N–H and O–H groups in total. The van der Waals surface area contributed by atoms with Crippen molar-refractivity contribution in [2.75, 3.05) is 13.7 Å². The van der Waals surface area contributed by atoms with E-state index < -0.39 is 0 Å². The van der Waals surface area contributed by atoms with E-state index >= 15 is 0 Å². The molecule has 0 amide bonds. The molecule has 0 aromatic heterocycles. The molecule has 1 rings (SSSR count). The minimum absolute atomic E-state index is 0.0245. The summed E-state index contributed by atoms with van der Waals surface area (Å²) in [5.74, 6) is 1.32. The summed E-state index contributed by atoms with van der Waals surface area (Å²) in [7, 11) is 1.58. The summed E-state index contributed by atoms with van der Waals surface area (Å²) in [6.45, 7) is 2.47. The van der Waals surface area contributed by atoms with Crippen molar-refractivity contribution in [1.29, 1.82) is 0 Å². The number of aliphatic hydroxyl groups is 1. The summed E-state index contributed by atoms with van der Waals surface area (Å²) in [6.07, 6.45) is 0. The first-order valence-electron chi connectivity index (χ1n) is 4.33. The quantitative estimate of drug-likeness (QED) is 0.904. The monoisotopic (exact) mass is 260 g/mol. The second-order valence-corrected chi connectivity index (χ2v) is 3.54. The molecule has 0 unspecified atom stereocenters. The number of halogens is 1. The predicted octanol–water partition coefficient (Wildman–Crippen LogP) is 2.35. The Kier molecular flexibility index (Phi) is 4.22. The molecule has 1 aromatic carbocycles. The van der Waals surface area contributed by atoms with Gasteiger partial charge in [-0.15, -0.1) is 0 Å². The van der Waals surface area contributed by atoms with Gasteiger partial charge in [-0.3, -0.25) is 0 Å². The number of rotatable bonds is 4. The lowest BCUT2D eigenvalue weighted by Crippen LogP contribution is -1.97. The molecule has 4 heteroatoms. The first-order valence-corrected chi connectivity index (χ1v) is 5.12. The van der Waals surface area contributed by atoms with Gasteiger partial charge in [0.1, 0.15) is 0 Å². The molecule has 0 bridgehead atoms. The van der Waals surface area contributed by atoms with Gasteiger partial charge >= 0.3 is 0 Å². The van der Waals surface area contributed by atoms with Crippen molar-refractivity contribution in [3.8, 4) is 11.5 Å². The summed E-state index contributed by atoms with van der Waals surface area (Å²) in [5, 5.41) is 9.03. The van der Waals surface area contributed by atoms with Crippen molar-refractivity contribution in [1.82, 2.24) is 0 Å². The molecular weight excluding hydrogens is 248 g/mol. The molecular formula is C10H13BrO3. The third kappa shape index (κ3) is 2.39. The van der Waals surface area contributed by atoms with Gasteiger partial charge in [0.15, 0.2) is 11.5 Å². The van der Waals surface area contributed by atoms with Gasteiger partial charge in [-0.25, -0.2) is 0 Å². The highest BCUT2D eigenvalue weighted by Gasteiger charge is 2.08. The van der Waals surface area contributed by atoms with Crippen LogP contribution in [0.4, 0.5) is 0 Å². The number of benzene rings is 1. The summed E-state index contributed by atoms with van der Waals surface area (Å²) in [4.78, 5) is 0. The largest absolute Gasteiger partial charge is 0.493 e. The van der Waals surface area contributed by atoms with Crippen molar-refractivity contribution < 1.29 is 14.6 Å². The number of methoxy groups -OCH3 is 1. The fraction of sp³-hybridized carbons (Fsp3) is 0.400. The molecule has 0 radical (unpaired) electrons. The Bertz CT molecular complexity index is 312. The third-order valence-electron chi connectivity index (χ3n) is 1.80. The van der Waals surface area contributed by atoms with Gasteiger partial charge in [-0.1, -0.05) is 15.9 Å². The zero-order chi connectivity index (χ0) is 10.6. The fourth-order valence-electron chi connectivity index (χ4n) is 1.13. The standard InChI is InChI=1S/C10H13BrO3/c1-3-14-10-5-8(11)7(6-12)4-9(10)13-2/h4-5,12H,3,6H2,1-2H3. The average molecular weight is 261 g/mol. The smallest absolute Gasteiger partial charge is 0.162 e. The van der Waals surface area contributed by atoms with E-state index in [0.717, 1.165) is 10.0 Å². The van der Waals surface area contributed by atoms with Crippen molar-refractivity contribution in [2.24, 2.45) is 0 Å². The Labute approximate surface area is 91.8 Å². The zero-order valence-electron chi connectivity index (χ0n) is 8.21. The van der Waals surface area contributed by atoms with Gasteiger partial charge in [0.05, 0.1) is 20.3 Å². The van der Waals surface area contributed by atoms with Gasteiger partial charge in [-0.05, 0) is 24.6 Å². The number of hydrogen-bond donors (Lipinski definition) is 1. The Morgan fingerprint density at radius 3 is 2.57 bits per heavy atom. The van der Waals surface area contributed by atoms with E-state index in [4.69, 9.17) is 14.6 Å². The van der Waals surface area contributed by atoms with Crippen molar-refractivity contribution in [2.45, 2.75) is 13.5 Å². The predicted molar refractivity (Wildman–Crippen MR) is 57.8 cm³/mol. The molecule has 1 aromatic rings. The van der Waals surface area contributed by atoms with Crippen LogP contribution in [0.3, 0.4) is 0 Å². The number of aliphatic hydroxyl groups excluding tert-OH is 1. The molecule has 0 aliphatic carbocycles. The van der Waals surface area contributed by atoms with E-state index in [1.807, 2.05) is 6.92 Å². The Balaban J connectivity index is 3.10. The van der Waals surface area contributed by atoms with Crippen LogP contribution in [0.2, 0.25) is 0 Å². The maximum atomic E-state index is 9.03. The second-order valence-electron chi connectivity index (χ2n) is 2.69. The number of hydrogen-bond acceptors (Lipinski definition) is 3. The summed E-state index contributed by atoms with van der Waals surface area (Å²) >= 11 is 3.35. The summed E-state index contributed by atoms with van der Waals surface area (Å²) < 4.78 is 11.3. The molecule has 0 fully saturated rings. The van der Waals surface area contributed by atoms with Crippen LogP contribution in [0.5, 0.6) is 11.5 Å².